The number of aryl methyl sites for hydroxylation is 1. The first-order valence-electron chi connectivity index (χ1n) is 8.42. The van der Waals surface area contributed by atoms with E-state index in [1.165, 1.54) is 37.9 Å². The summed E-state index contributed by atoms with van der Waals surface area (Å²) < 4.78 is 0. The summed E-state index contributed by atoms with van der Waals surface area (Å²) in [5, 5.41) is 3.20. The molecule has 4 nitrogen and oxygen atoms in total. The van der Waals surface area contributed by atoms with Gasteiger partial charge in [-0.3, -0.25) is 9.89 Å². The highest BCUT2D eigenvalue weighted by molar-refractivity contribution is 14.0. The van der Waals surface area contributed by atoms with Gasteiger partial charge in [-0.15, -0.1) is 24.0 Å². The second-order valence-electron chi connectivity index (χ2n) is 6.74. The number of nitrogens with zero attached hydrogens (tertiary/aromatic N) is 2. The van der Waals surface area contributed by atoms with E-state index in [1.54, 1.807) is 0 Å². The third-order valence-electron chi connectivity index (χ3n) is 4.46. The average molecular weight is 430 g/mol. The van der Waals surface area contributed by atoms with E-state index in [-0.39, 0.29) is 29.5 Å². The molecule has 3 N–H and O–H groups in total. The van der Waals surface area contributed by atoms with Crippen LogP contribution in [0.25, 0.3) is 0 Å². The molecule has 0 atom stereocenters. The number of rotatable bonds is 5. The topological polar surface area (TPSA) is 53.6 Å². The van der Waals surface area contributed by atoms with Gasteiger partial charge in [0, 0.05) is 11.2 Å². The molecule has 0 bridgehead atoms. The van der Waals surface area contributed by atoms with Crippen LogP contribution >= 0.6 is 24.0 Å². The maximum absolute atomic E-state index is 6.05. The van der Waals surface area contributed by atoms with Gasteiger partial charge in [0.2, 0.25) is 0 Å². The number of hydrogen-bond donors (Lipinski definition) is 2. The molecule has 0 radical (unpaired) electrons. The van der Waals surface area contributed by atoms with Crippen molar-refractivity contribution in [3.8, 4) is 0 Å². The molecular weight excluding hydrogens is 399 g/mol. The largest absolute Gasteiger partial charge is 0.370 e. The van der Waals surface area contributed by atoms with Gasteiger partial charge in [-0.2, -0.15) is 0 Å². The summed E-state index contributed by atoms with van der Waals surface area (Å²) >= 11 is 0. The minimum absolute atomic E-state index is 0. The molecule has 0 amide bonds. The van der Waals surface area contributed by atoms with Gasteiger partial charge in [-0.1, -0.05) is 25.5 Å². The quantitative estimate of drug-likeness (QED) is 0.424. The number of benzene rings is 1. The lowest BCUT2D eigenvalue weighted by atomic mass is 9.99. The van der Waals surface area contributed by atoms with Crippen LogP contribution in [0.15, 0.2) is 29.3 Å². The van der Waals surface area contributed by atoms with Crippen LogP contribution < -0.4 is 11.1 Å². The van der Waals surface area contributed by atoms with Gasteiger partial charge in [-0.25, -0.2) is 0 Å². The first-order chi connectivity index (χ1) is 10.5. The van der Waals surface area contributed by atoms with E-state index in [4.69, 9.17) is 5.73 Å². The molecular formula is C18H31IN4. The summed E-state index contributed by atoms with van der Waals surface area (Å²) in [5.41, 5.74) is 8.43. The Morgan fingerprint density at radius 3 is 2.61 bits per heavy atom. The van der Waals surface area contributed by atoms with E-state index in [0.29, 0.717) is 5.96 Å². The molecule has 1 saturated heterocycles. The predicted octanol–water partition coefficient (Wildman–Crippen LogP) is 3.86. The highest BCUT2D eigenvalue weighted by atomic mass is 127. The van der Waals surface area contributed by atoms with Crippen molar-refractivity contribution in [1.82, 2.24) is 4.90 Å². The fraction of sp³-hybridized carbons (Fsp3) is 0.611. The molecule has 1 aromatic carbocycles. The summed E-state index contributed by atoms with van der Waals surface area (Å²) in [7, 11) is 0. The minimum Gasteiger partial charge on any atom is -0.370 e. The fourth-order valence-electron chi connectivity index (χ4n) is 2.93. The first-order valence-corrected chi connectivity index (χ1v) is 8.42. The molecule has 0 saturated carbocycles. The Kier molecular flexibility index (Phi) is 8.33. The summed E-state index contributed by atoms with van der Waals surface area (Å²) in [6.07, 6.45) is 4.97. The highest BCUT2D eigenvalue weighted by Crippen LogP contribution is 2.20. The number of guanidine groups is 1. The molecule has 5 heteroatoms. The third kappa shape index (κ3) is 6.30. The number of anilines is 1. The van der Waals surface area contributed by atoms with Gasteiger partial charge >= 0.3 is 0 Å². The van der Waals surface area contributed by atoms with Crippen molar-refractivity contribution in [2.75, 3.05) is 25.0 Å². The molecule has 0 aromatic heterocycles. The number of aliphatic imine (C=N–C) groups is 1. The van der Waals surface area contributed by atoms with Crippen molar-refractivity contribution < 1.29 is 0 Å². The normalized spacial score (nSPS) is 16.7. The van der Waals surface area contributed by atoms with Crippen molar-refractivity contribution >= 4 is 35.6 Å². The number of likely N-dealkylation sites (tertiary alicyclic amines) is 1. The number of nitrogens with one attached hydrogen (secondary N) is 1. The summed E-state index contributed by atoms with van der Waals surface area (Å²) in [4.78, 5) is 7.10. The van der Waals surface area contributed by atoms with Gasteiger partial charge in [-0.05, 0) is 63.9 Å². The van der Waals surface area contributed by atoms with Crippen molar-refractivity contribution in [2.24, 2.45) is 10.7 Å². The lowest BCUT2D eigenvalue weighted by molar-refractivity contribution is 0.102. The van der Waals surface area contributed by atoms with Crippen molar-refractivity contribution in [3.63, 3.8) is 0 Å². The molecule has 1 aliphatic heterocycles. The van der Waals surface area contributed by atoms with Gasteiger partial charge < -0.3 is 11.1 Å². The molecule has 0 aliphatic carbocycles. The van der Waals surface area contributed by atoms with Crippen LogP contribution in [0.5, 0.6) is 0 Å². The van der Waals surface area contributed by atoms with Gasteiger partial charge in [0.05, 0.1) is 6.54 Å². The zero-order valence-electron chi connectivity index (χ0n) is 14.6. The third-order valence-corrected chi connectivity index (χ3v) is 4.46. The highest BCUT2D eigenvalue weighted by Gasteiger charge is 2.27. The summed E-state index contributed by atoms with van der Waals surface area (Å²) in [5.74, 6) is 0.498. The van der Waals surface area contributed by atoms with Gasteiger partial charge in [0.1, 0.15) is 0 Å². The van der Waals surface area contributed by atoms with Crippen molar-refractivity contribution in [3.05, 3.63) is 29.8 Å². The average Bonchev–Trinajstić information content (AvgIpc) is 2.54. The van der Waals surface area contributed by atoms with Crippen LogP contribution in [-0.2, 0) is 6.42 Å². The molecule has 0 spiro atoms. The maximum Gasteiger partial charge on any atom is 0.193 e. The number of nitrogens with two attached hydrogens (primary N) is 1. The fourth-order valence-corrected chi connectivity index (χ4v) is 2.93. The predicted molar refractivity (Wildman–Crippen MR) is 111 cm³/mol. The van der Waals surface area contributed by atoms with E-state index < -0.39 is 0 Å². The Bertz CT molecular complexity index is 507. The molecule has 1 fully saturated rings. The number of hydrogen-bond acceptors (Lipinski definition) is 2. The summed E-state index contributed by atoms with van der Waals surface area (Å²) in [6.45, 7) is 9.74. The van der Waals surface area contributed by atoms with E-state index >= 15 is 0 Å². The van der Waals surface area contributed by atoms with Crippen LogP contribution in [0.1, 0.15) is 45.6 Å². The monoisotopic (exact) mass is 430 g/mol. The molecule has 1 heterocycles. The Labute approximate surface area is 157 Å². The van der Waals surface area contributed by atoms with Gasteiger partial charge in [0.15, 0.2) is 5.96 Å². The van der Waals surface area contributed by atoms with Crippen molar-refractivity contribution in [1.29, 1.82) is 0 Å². The minimum atomic E-state index is 0. The second-order valence-corrected chi connectivity index (χ2v) is 6.74. The molecule has 23 heavy (non-hydrogen) atoms. The lowest BCUT2D eigenvalue weighted by Crippen LogP contribution is -2.49. The molecule has 130 valence electrons. The molecule has 2 rings (SSSR count). The van der Waals surface area contributed by atoms with Crippen LogP contribution in [0.2, 0.25) is 0 Å². The first kappa shape index (κ1) is 20.2. The number of halogens is 1. The molecule has 1 aliphatic rings. The number of piperidine rings is 1. The van der Waals surface area contributed by atoms with Gasteiger partial charge in [0.25, 0.3) is 0 Å². The van der Waals surface area contributed by atoms with E-state index in [2.05, 4.69) is 48.1 Å². The van der Waals surface area contributed by atoms with Crippen LogP contribution in [0.3, 0.4) is 0 Å². The second kappa shape index (κ2) is 9.47. The Balaban J connectivity index is 0.00000264. The SMILES string of the molecule is CCc1cccc(NC(N)=NCC(C)(C)N2CCCCC2)c1.I. The maximum atomic E-state index is 6.05. The zero-order chi connectivity index (χ0) is 16.0. The van der Waals surface area contributed by atoms with Crippen LogP contribution in [0, 0.1) is 0 Å². The summed E-state index contributed by atoms with van der Waals surface area (Å²) in [6, 6.07) is 8.32. The Morgan fingerprint density at radius 2 is 1.96 bits per heavy atom. The zero-order valence-corrected chi connectivity index (χ0v) is 17.0. The Hall–Kier alpha value is -0.820. The van der Waals surface area contributed by atoms with Crippen LogP contribution in [0.4, 0.5) is 5.69 Å². The molecule has 1 aromatic rings. The standard InChI is InChI=1S/C18H30N4.HI/c1-4-15-9-8-10-16(13-15)21-17(19)20-14-18(2,3)22-11-6-5-7-12-22;/h8-10,13H,4-7,11-12,14H2,1-3H3,(H3,19,20,21);1H. The van der Waals surface area contributed by atoms with E-state index in [1.807, 2.05) is 12.1 Å². The van der Waals surface area contributed by atoms with Crippen molar-refractivity contribution in [2.45, 2.75) is 52.0 Å². The van der Waals surface area contributed by atoms with E-state index in [9.17, 15) is 0 Å². The lowest BCUT2D eigenvalue weighted by Gasteiger charge is -2.40. The Morgan fingerprint density at radius 1 is 1.26 bits per heavy atom. The van der Waals surface area contributed by atoms with E-state index in [0.717, 1.165) is 18.7 Å². The molecule has 0 unspecified atom stereocenters. The van der Waals surface area contributed by atoms with Crippen LogP contribution in [-0.4, -0.2) is 36.0 Å². The smallest absolute Gasteiger partial charge is 0.193 e.